The van der Waals surface area contributed by atoms with E-state index in [-0.39, 0.29) is 22.6 Å². The predicted octanol–water partition coefficient (Wildman–Crippen LogP) is 3.33. The van der Waals surface area contributed by atoms with Gasteiger partial charge in [-0.25, -0.2) is 13.2 Å². The number of sulfonamides is 1. The molecule has 0 amide bonds. The van der Waals surface area contributed by atoms with Crippen molar-refractivity contribution in [2.75, 3.05) is 26.3 Å². The van der Waals surface area contributed by atoms with Crippen molar-refractivity contribution in [2.24, 2.45) is 0 Å². The minimum atomic E-state index is -3.54. The molecule has 2 aromatic rings. The molecule has 2 heterocycles. The molecule has 0 bridgehead atoms. The number of benzene rings is 2. The molecule has 1 fully saturated rings. The lowest BCUT2D eigenvalue weighted by Crippen LogP contribution is -2.27. The molecular formula is C22H20ClNO6S. The Balaban J connectivity index is 1.38. The lowest BCUT2D eigenvalue weighted by Gasteiger charge is -2.17. The zero-order valence-electron chi connectivity index (χ0n) is 16.5. The van der Waals surface area contributed by atoms with Crippen LogP contribution in [0.15, 0.2) is 52.9 Å². The highest BCUT2D eigenvalue weighted by molar-refractivity contribution is 7.89. The summed E-state index contributed by atoms with van der Waals surface area (Å²) in [4.78, 5) is 24.9. The van der Waals surface area contributed by atoms with Crippen LogP contribution >= 0.6 is 11.6 Å². The molecule has 1 saturated heterocycles. The van der Waals surface area contributed by atoms with Crippen LogP contribution in [0.5, 0.6) is 5.75 Å². The fourth-order valence-electron chi connectivity index (χ4n) is 3.46. The van der Waals surface area contributed by atoms with Crippen LogP contribution in [0.4, 0.5) is 0 Å². The number of hydrogen-bond donors (Lipinski definition) is 0. The highest BCUT2D eigenvalue weighted by atomic mass is 35.5. The maximum absolute atomic E-state index is 12.6. The first-order valence-corrected chi connectivity index (χ1v) is 11.6. The number of carbonyl (C=O) groups is 2. The summed E-state index contributed by atoms with van der Waals surface area (Å²) in [7, 11) is -3.54. The van der Waals surface area contributed by atoms with Gasteiger partial charge < -0.3 is 9.47 Å². The van der Waals surface area contributed by atoms with Gasteiger partial charge in [0.05, 0.1) is 10.5 Å². The lowest BCUT2D eigenvalue weighted by molar-refractivity contribution is -0.138. The molecule has 2 aromatic carbocycles. The Labute approximate surface area is 185 Å². The fourth-order valence-corrected chi connectivity index (χ4v) is 5.16. The van der Waals surface area contributed by atoms with Crippen molar-refractivity contribution in [1.82, 2.24) is 4.31 Å². The third-order valence-corrected chi connectivity index (χ3v) is 7.31. The van der Waals surface area contributed by atoms with Crippen molar-refractivity contribution in [2.45, 2.75) is 17.7 Å². The summed E-state index contributed by atoms with van der Waals surface area (Å²) >= 11 is 5.96. The summed E-state index contributed by atoms with van der Waals surface area (Å²) < 4.78 is 37.2. The zero-order chi connectivity index (χ0) is 22.0. The average Bonchev–Trinajstić information content (AvgIpc) is 3.32. The first-order chi connectivity index (χ1) is 14.8. The van der Waals surface area contributed by atoms with E-state index in [2.05, 4.69) is 0 Å². The smallest absolute Gasteiger partial charge is 0.337 e. The van der Waals surface area contributed by atoms with E-state index in [1.807, 2.05) is 0 Å². The molecule has 0 saturated carbocycles. The Bertz CT molecular complexity index is 1150. The van der Waals surface area contributed by atoms with Crippen LogP contribution in [-0.4, -0.2) is 50.8 Å². The molecule has 0 spiro atoms. The number of Topliss-reactive ketones (excluding diaryl/α,β-unsaturated/α-hetero) is 1. The van der Waals surface area contributed by atoms with E-state index in [1.54, 1.807) is 24.3 Å². The molecule has 7 nitrogen and oxygen atoms in total. The predicted molar refractivity (Wildman–Crippen MR) is 115 cm³/mol. The third kappa shape index (κ3) is 4.66. The van der Waals surface area contributed by atoms with Crippen molar-refractivity contribution < 1.29 is 27.5 Å². The highest BCUT2D eigenvalue weighted by Crippen LogP contribution is 2.29. The molecule has 0 radical (unpaired) electrons. The molecular weight excluding hydrogens is 442 g/mol. The number of halogens is 1. The van der Waals surface area contributed by atoms with Gasteiger partial charge in [-0.3, -0.25) is 4.79 Å². The molecule has 0 unspecified atom stereocenters. The van der Waals surface area contributed by atoms with Gasteiger partial charge in [-0.15, -0.1) is 0 Å². The fraction of sp³-hybridized carbons (Fsp3) is 0.273. The Morgan fingerprint density at radius 3 is 2.48 bits per heavy atom. The summed E-state index contributed by atoms with van der Waals surface area (Å²) in [6, 6.07) is 10.7. The number of hydrogen-bond acceptors (Lipinski definition) is 6. The monoisotopic (exact) mass is 461 g/mol. The summed E-state index contributed by atoms with van der Waals surface area (Å²) in [6.45, 7) is 0.589. The maximum Gasteiger partial charge on any atom is 0.337 e. The van der Waals surface area contributed by atoms with Crippen LogP contribution in [-0.2, 0) is 19.6 Å². The summed E-state index contributed by atoms with van der Waals surface area (Å²) in [5.41, 5.74) is 1.20. The van der Waals surface area contributed by atoms with Crippen LogP contribution in [0.1, 0.15) is 28.8 Å². The minimum absolute atomic E-state index is 0.0325. The molecule has 9 heteroatoms. The second-order valence-electron chi connectivity index (χ2n) is 7.28. The standard InChI is InChI=1S/C22H20ClNO6S/c23-18-5-8-21-16(12-18)11-17(13-29-21)22(26)30-14-20(25)15-3-6-19(7-4-15)31(27,28)24-9-1-2-10-24/h3-8,11-12H,1-2,9-10,13-14H2. The molecule has 162 valence electrons. The second kappa shape index (κ2) is 8.82. The average molecular weight is 462 g/mol. The number of nitrogens with zero attached hydrogens (tertiary/aromatic N) is 1. The van der Waals surface area contributed by atoms with Gasteiger partial charge in [-0.2, -0.15) is 4.31 Å². The molecule has 0 N–H and O–H groups in total. The van der Waals surface area contributed by atoms with E-state index < -0.39 is 28.4 Å². The Kier molecular flexibility index (Phi) is 6.13. The topological polar surface area (TPSA) is 90.0 Å². The summed E-state index contributed by atoms with van der Waals surface area (Å²) in [5.74, 6) is -0.479. The molecule has 4 rings (SSSR count). The quantitative estimate of drug-likeness (QED) is 0.484. The van der Waals surface area contributed by atoms with Gasteiger partial charge in [0, 0.05) is 29.2 Å². The van der Waals surface area contributed by atoms with E-state index in [0.29, 0.717) is 29.4 Å². The van der Waals surface area contributed by atoms with E-state index in [0.717, 1.165) is 12.8 Å². The number of fused-ring (bicyclic) bond motifs is 1. The van der Waals surface area contributed by atoms with Gasteiger partial charge in [-0.05, 0) is 61.4 Å². The van der Waals surface area contributed by atoms with Gasteiger partial charge >= 0.3 is 5.97 Å². The Hall–Kier alpha value is -2.68. The van der Waals surface area contributed by atoms with Gasteiger partial charge in [0.15, 0.2) is 12.4 Å². The number of esters is 1. The first-order valence-electron chi connectivity index (χ1n) is 9.78. The van der Waals surface area contributed by atoms with Crippen molar-refractivity contribution in [3.8, 4) is 5.75 Å². The lowest BCUT2D eigenvalue weighted by atomic mass is 10.1. The van der Waals surface area contributed by atoms with Crippen molar-refractivity contribution in [1.29, 1.82) is 0 Å². The van der Waals surface area contributed by atoms with Crippen molar-refractivity contribution in [3.63, 3.8) is 0 Å². The van der Waals surface area contributed by atoms with Gasteiger partial charge in [0.2, 0.25) is 10.0 Å². The van der Waals surface area contributed by atoms with Crippen LogP contribution < -0.4 is 4.74 Å². The molecule has 0 aromatic heterocycles. The summed E-state index contributed by atoms with van der Waals surface area (Å²) in [6.07, 6.45) is 3.32. The van der Waals surface area contributed by atoms with Gasteiger partial charge in [0.1, 0.15) is 12.4 Å². The minimum Gasteiger partial charge on any atom is -0.488 e. The van der Waals surface area contributed by atoms with Crippen LogP contribution in [0, 0.1) is 0 Å². The van der Waals surface area contributed by atoms with E-state index in [1.165, 1.54) is 28.6 Å². The molecule has 0 atom stereocenters. The highest BCUT2D eigenvalue weighted by Gasteiger charge is 2.27. The van der Waals surface area contributed by atoms with Gasteiger partial charge in [-0.1, -0.05) is 11.6 Å². The normalized spacial score (nSPS) is 16.2. The van der Waals surface area contributed by atoms with E-state index in [4.69, 9.17) is 21.1 Å². The molecule has 2 aliphatic rings. The first kappa shape index (κ1) is 21.5. The third-order valence-electron chi connectivity index (χ3n) is 5.16. The zero-order valence-corrected chi connectivity index (χ0v) is 18.1. The molecule has 2 aliphatic heterocycles. The summed E-state index contributed by atoms with van der Waals surface area (Å²) in [5, 5.41) is 0.513. The SMILES string of the molecule is O=C(OCC(=O)c1ccc(S(=O)(=O)N2CCCC2)cc1)C1=Cc2cc(Cl)ccc2OC1. The van der Waals surface area contributed by atoms with Crippen LogP contribution in [0.2, 0.25) is 5.02 Å². The number of ether oxygens (including phenoxy) is 2. The number of carbonyl (C=O) groups excluding carboxylic acids is 2. The Morgan fingerprint density at radius 2 is 1.77 bits per heavy atom. The number of rotatable bonds is 6. The molecule has 0 aliphatic carbocycles. The van der Waals surface area contributed by atoms with E-state index >= 15 is 0 Å². The second-order valence-corrected chi connectivity index (χ2v) is 9.65. The largest absolute Gasteiger partial charge is 0.488 e. The van der Waals surface area contributed by atoms with E-state index in [9.17, 15) is 18.0 Å². The van der Waals surface area contributed by atoms with Gasteiger partial charge in [0.25, 0.3) is 0 Å². The van der Waals surface area contributed by atoms with Crippen molar-refractivity contribution >= 4 is 39.5 Å². The van der Waals surface area contributed by atoms with Crippen molar-refractivity contribution in [3.05, 3.63) is 64.2 Å². The van der Waals surface area contributed by atoms with Crippen LogP contribution in [0.25, 0.3) is 6.08 Å². The van der Waals surface area contributed by atoms with Crippen LogP contribution in [0.3, 0.4) is 0 Å². The maximum atomic E-state index is 12.6. The Morgan fingerprint density at radius 1 is 1.06 bits per heavy atom. The number of ketones is 1. The molecule has 31 heavy (non-hydrogen) atoms.